The molecular formula is C16H25N3O2. The van der Waals surface area contributed by atoms with E-state index < -0.39 is 5.60 Å². The van der Waals surface area contributed by atoms with Crippen molar-refractivity contribution in [1.82, 2.24) is 9.97 Å². The Labute approximate surface area is 126 Å². The minimum atomic E-state index is -0.404. The maximum absolute atomic E-state index is 6.28. The van der Waals surface area contributed by atoms with Crippen LogP contribution in [0.4, 0.5) is 0 Å². The van der Waals surface area contributed by atoms with Crippen LogP contribution in [0.25, 0.3) is 0 Å². The van der Waals surface area contributed by atoms with Gasteiger partial charge in [0, 0.05) is 56.7 Å². The molecule has 0 amide bonds. The van der Waals surface area contributed by atoms with E-state index in [0.717, 1.165) is 42.8 Å². The molecule has 116 valence electrons. The minimum absolute atomic E-state index is 0.0333. The molecule has 0 aromatic carbocycles. The zero-order chi connectivity index (χ0) is 15.1. The van der Waals surface area contributed by atoms with E-state index in [-0.39, 0.29) is 11.5 Å². The van der Waals surface area contributed by atoms with Gasteiger partial charge in [-0.15, -0.1) is 0 Å². The summed E-state index contributed by atoms with van der Waals surface area (Å²) in [7, 11) is 1.74. The van der Waals surface area contributed by atoms with Gasteiger partial charge in [-0.1, -0.05) is 13.8 Å². The molecule has 0 spiro atoms. The van der Waals surface area contributed by atoms with Gasteiger partial charge < -0.3 is 15.2 Å². The molecule has 21 heavy (non-hydrogen) atoms. The highest BCUT2D eigenvalue weighted by Gasteiger charge is 2.39. The number of nitrogens with zero attached hydrogens (tertiary/aromatic N) is 2. The van der Waals surface area contributed by atoms with E-state index in [1.54, 1.807) is 7.11 Å². The third kappa shape index (κ3) is 2.70. The summed E-state index contributed by atoms with van der Waals surface area (Å²) in [5.41, 5.74) is 8.25. The van der Waals surface area contributed by atoms with E-state index in [9.17, 15) is 0 Å². The summed E-state index contributed by atoms with van der Waals surface area (Å²) in [5, 5.41) is 0. The molecule has 0 saturated carbocycles. The first-order valence-corrected chi connectivity index (χ1v) is 7.71. The van der Waals surface area contributed by atoms with Crippen molar-refractivity contribution in [2.45, 2.75) is 51.2 Å². The summed E-state index contributed by atoms with van der Waals surface area (Å²) in [4.78, 5) is 9.44. The number of aromatic nitrogens is 2. The second kappa shape index (κ2) is 5.30. The van der Waals surface area contributed by atoms with Gasteiger partial charge >= 0.3 is 0 Å². The highest BCUT2D eigenvalue weighted by molar-refractivity contribution is 5.27. The fourth-order valence-electron chi connectivity index (χ4n) is 3.55. The number of fused-ring (bicyclic) bond motifs is 1. The van der Waals surface area contributed by atoms with Crippen molar-refractivity contribution >= 4 is 0 Å². The molecule has 0 bridgehead atoms. The Morgan fingerprint density at radius 3 is 2.71 bits per heavy atom. The predicted molar refractivity (Wildman–Crippen MR) is 79.8 cm³/mol. The van der Waals surface area contributed by atoms with Gasteiger partial charge in [0.1, 0.15) is 5.60 Å². The maximum Gasteiger partial charge on any atom is 0.160 e. The van der Waals surface area contributed by atoms with Gasteiger partial charge in [-0.3, -0.25) is 0 Å². The average molecular weight is 291 g/mol. The second-order valence-electron chi connectivity index (χ2n) is 7.06. The summed E-state index contributed by atoms with van der Waals surface area (Å²) >= 11 is 0. The van der Waals surface area contributed by atoms with Crippen LogP contribution >= 0.6 is 0 Å². The molecular weight excluding hydrogens is 266 g/mol. The van der Waals surface area contributed by atoms with E-state index >= 15 is 0 Å². The Hall–Kier alpha value is -1.04. The van der Waals surface area contributed by atoms with Crippen LogP contribution in [0, 0.1) is 5.41 Å². The molecule has 5 heteroatoms. The molecule has 1 atom stereocenters. The third-order valence-electron chi connectivity index (χ3n) is 4.82. The highest BCUT2D eigenvalue weighted by atomic mass is 16.5. The SMILES string of the molecule is COC1(c2ncc3c(n2)CC(C)(C)CC3N)CCOCC1. The Balaban J connectivity index is 1.99. The molecule has 2 N–H and O–H groups in total. The Bertz CT molecular complexity index is 524. The predicted octanol–water partition coefficient (Wildman–Crippen LogP) is 2.10. The molecule has 1 aliphatic heterocycles. The smallest absolute Gasteiger partial charge is 0.160 e. The number of hydrogen-bond acceptors (Lipinski definition) is 5. The van der Waals surface area contributed by atoms with Crippen LogP contribution in [0.3, 0.4) is 0 Å². The molecule has 5 nitrogen and oxygen atoms in total. The van der Waals surface area contributed by atoms with Crippen molar-refractivity contribution in [3.05, 3.63) is 23.3 Å². The summed E-state index contributed by atoms with van der Waals surface area (Å²) in [6.07, 6.45) is 5.44. The van der Waals surface area contributed by atoms with Gasteiger partial charge in [0.15, 0.2) is 5.82 Å². The lowest BCUT2D eigenvalue weighted by Crippen LogP contribution is -2.39. The van der Waals surface area contributed by atoms with Crippen LogP contribution in [0.2, 0.25) is 0 Å². The van der Waals surface area contributed by atoms with Gasteiger partial charge in [-0.2, -0.15) is 0 Å². The van der Waals surface area contributed by atoms with Gasteiger partial charge in [-0.25, -0.2) is 9.97 Å². The van der Waals surface area contributed by atoms with E-state index in [1.807, 2.05) is 6.20 Å². The fraction of sp³-hybridized carbons (Fsp3) is 0.750. The number of rotatable bonds is 2. The van der Waals surface area contributed by atoms with Gasteiger partial charge in [0.2, 0.25) is 0 Å². The van der Waals surface area contributed by atoms with Crippen molar-refractivity contribution < 1.29 is 9.47 Å². The largest absolute Gasteiger partial charge is 0.381 e. The Morgan fingerprint density at radius 1 is 1.33 bits per heavy atom. The molecule has 1 fully saturated rings. The van der Waals surface area contributed by atoms with E-state index in [2.05, 4.69) is 18.8 Å². The molecule has 1 aromatic heterocycles. The third-order valence-corrected chi connectivity index (χ3v) is 4.82. The Kier molecular flexibility index (Phi) is 3.76. The molecule has 1 unspecified atom stereocenters. The molecule has 2 heterocycles. The van der Waals surface area contributed by atoms with Crippen molar-refractivity contribution in [2.75, 3.05) is 20.3 Å². The highest BCUT2D eigenvalue weighted by Crippen LogP contribution is 2.40. The van der Waals surface area contributed by atoms with Crippen LogP contribution in [0.15, 0.2) is 6.20 Å². The fourth-order valence-corrected chi connectivity index (χ4v) is 3.55. The van der Waals surface area contributed by atoms with Gasteiger partial charge in [0.25, 0.3) is 0 Å². The van der Waals surface area contributed by atoms with Gasteiger partial charge in [0.05, 0.1) is 0 Å². The summed E-state index contributed by atoms with van der Waals surface area (Å²) < 4.78 is 11.3. The standard InChI is InChI=1S/C16H25N3O2/c1-15(2)8-12(17)11-10-18-14(19-13(11)9-15)16(20-3)4-6-21-7-5-16/h10,12H,4-9,17H2,1-3H3. The summed E-state index contributed by atoms with van der Waals surface area (Å²) in [6, 6.07) is 0.0333. The summed E-state index contributed by atoms with van der Waals surface area (Å²) in [5.74, 6) is 0.789. The average Bonchev–Trinajstić information content (AvgIpc) is 2.46. The lowest BCUT2D eigenvalue weighted by Gasteiger charge is -2.37. The van der Waals surface area contributed by atoms with Crippen LogP contribution in [-0.4, -0.2) is 30.3 Å². The lowest BCUT2D eigenvalue weighted by molar-refractivity contribution is -0.100. The number of ether oxygens (including phenoxy) is 2. The Morgan fingerprint density at radius 2 is 2.05 bits per heavy atom. The first-order chi connectivity index (χ1) is 9.96. The molecule has 1 aliphatic carbocycles. The van der Waals surface area contributed by atoms with Gasteiger partial charge in [-0.05, 0) is 18.3 Å². The molecule has 0 radical (unpaired) electrons. The van der Waals surface area contributed by atoms with Crippen LogP contribution < -0.4 is 5.73 Å². The van der Waals surface area contributed by atoms with E-state index in [0.29, 0.717) is 13.2 Å². The van der Waals surface area contributed by atoms with E-state index in [4.69, 9.17) is 20.2 Å². The minimum Gasteiger partial charge on any atom is -0.381 e. The quantitative estimate of drug-likeness (QED) is 0.903. The van der Waals surface area contributed by atoms with Crippen molar-refractivity contribution in [1.29, 1.82) is 0 Å². The zero-order valence-corrected chi connectivity index (χ0v) is 13.2. The van der Waals surface area contributed by atoms with Crippen LogP contribution in [0.5, 0.6) is 0 Å². The maximum atomic E-state index is 6.28. The second-order valence-corrected chi connectivity index (χ2v) is 7.06. The van der Waals surface area contributed by atoms with Crippen molar-refractivity contribution in [2.24, 2.45) is 11.1 Å². The van der Waals surface area contributed by atoms with E-state index in [1.165, 1.54) is 0 Å². The van der Waals surface area contributed by atoms with Crippen LogP contribution in [-0.2, 0) is 21.5 Å². The zero-order valence-electron chi connectivity index (χ0n) is 13.2. The van der Waals surface area contributed by atoms with Crippen molar-refractivity contribution in [3.8, 4) is 0 Å². The number of methoxy groups -OCH3 is 1. The number of nitrogens with two attached hydrogens (primary N) is 1. The monoisotopic (exact) mass is 291 g/mol. The normalized spacial score (nSPS) is 27.1. The first kappa shape index (κ1) is 14.9. The molecule has 2 aliphatic rings. The van der Waals surface area contributed by atoms with Crippen LogP contribution in [0.1, 0.15) is 56.2 Å². The molecule has 1 aromatic rings. The molecule has 1 saturated heterocycles. The summed E-state index contributed by atoms with van der Waals surface area (Å²) in [6.45, 7) is 5.88. The lowest BCUT2D eigenvalue weighted by atomic mass is 9.74. The topological polar surface area (TPSA) is 70.3 Å². The van der Waals surface area contributed by atoms with Crippen molar-refractivity contribution in [3.63, 3.8) is 0 Å². The first-order valence-electron chi connectivity index (χ1n) is 7.71. The molecule has 3 rings (SSSR count). The number of hydrogen-bond donors (Lipinski definition) is 1.